The normalized spacial score (nSPS) is 11.7. The van der Waals surface area contributed by atoms with E-state index in [-0.39, 0.29) is 35.9 Å². The van der Waals surface area contributed by atoms with Gasteiger partial charge >= 0.3 is 5.97 Å². The van der Waals surface area contributed by atoms with Gasteiger partial charge in [0.15, 0.2) is 5.13 Å². The lowest BCUT2D eigenvalue weighted by Crippen LogP contribution is -2.30. The summed E-state index contributed by atoms with van der Waals surface area (Å²) in [4.78, 5) is 67.3. The number of thioether (sulfide) groups is 1. The molecule has 0 aliphatic carbocycles. The van der Waals surface area contributed by atoms with Crippen LogP contribution in [0.15, 0.2) is 94.8 Å². The van der Waals surface area contributed by atoms with Crippen LogP contribution in [0.3, 0.4) is 0 Å². The Labute approximate surface area is 278 Å². The SMILES string of the molecule is CCOC(=O)Cc1csc(NC(=O)C(CC)Sc2cccc(NC(=O)/C(=C\c3ccccc3[N+](=O)[O-])NC(=O)c3ccccc3)c2)n1. The molecule has 14 heteroatoms. The molecule has 4 rings (SSSR count). The topological polar surface area (TPSA) is 170 Å². The average Bonchev–Trinajstić information content (AvgIpc) is 3.50. The first-order valence-electron chi connectivity index (χ1n) is 14.5. The van der Waals surface area contributed by atoms with Crippen LogP contribution in [-0.4, -0.2) is 45.5 Å². The van der Waals surface area contributed by atoms with E-state index in [0.717, 1.165) is 0 Å². The number of esters is 1. The minimum atomic E-state index is -0.707. The summed E-state index contributed by atoms with van der Waals surface area (Å²) in [6.07, 6.45) is 1.75. The zero-order valence-electron chi connectivity index (χ0n) is 25.4. The first-order chi connectivity index (χ1) is 22.7. The van der Waals surface area contributed by atoms with Gasteiger partial charge in [0.1, 0.15) is 5.70 Å². The molecule has 0 aliphatic heterocycles. The summed E-state index contributed by atoms with van der Waals surface area (Å²) in [7, 11) is 0. The van der Waals surface area contributed by atoms with Crippen molar-refractivity contribution in [2.24, 2.45) is 0 Å². The van der Waals surface area contributed by atoms with E-state index in [1.54, 1.807) is 73.0 Å². The van der Waals surface area contributed by atoms with E-state index in [1.165, 1.54) is 47.4 Å². The third-order valence-electron chi connectivity index (χ3n) is 6.41. The van der Waals surface area contributed by atoms with Crippen LogP contribution in [0.5, 0.6) is 0 Å². The summed E-state index contributed by atoms with van der Waals surface area (Å²) >= 11 is 2.49. The van der Waals surface area contributed by atoms with Gasteiger partial charge in [-0.15, -0.1) is 23.1 Å². The summed E-state index contributed by atoms with van der Waals surface area (Å²) in [5.41, 5.74) is 0.864. The van der Waals surface area contributed by atoms with Crippen LogP contribution in [-0.2, 0) is 25.5 Å². The third-order valence-corrected chi connectivity index (χ3v) is 8.57. The van der Waals surface area contributed by atoms with Gasteiger partial charge in [-0.2, -0.15) is 0 Å². The fraction of sp³-hybridized carbons (Fsp3) is 0.182. The number of carbonyl (C=O) groups excluding carboxylic acids is 4. The van der Waals surface area contributed by atoms with Crippen molar-refractivity contribution in [1.29, 1.82) is 0 Å². The molecule has 0 bridgehead atoms. The number of anilines is 2. The van der Waals surface area contributed by atoms with Crippen molar-refractivity contribution in [3.8, 4) is 0 Å². The minimum absolute atomic E-state index is 0.0136. The first kappa shape index (κ1) is 34.5. The highest BCUT2D eigenvalue weighted by Gasteiger charge is 2.21. The predicted octanol–water partition coefficient (Wildman–Crippen LogP) is 6.08. The lowest BCUT2D eigenvalue weighted by Gasteiger charge is -2.15. The number of amides is 3. The summed E-state index contributed by atoms with van der Waals surface area (Å²) in [6, 6.07) is 20.9. The van der Waals surface area contributed by atoms with Crippen LogP contribution < -0.4 is 16.0 Å². The van der Waals surface area contributed by atoms with Crippen LogP contribution in [0, 0.1) is 10.1 Å². The van der Waals surface area contributed by atoms with Gasteiger partial charge in [-0.05, 0) is 55.8 Å². The smallest absolute Gasteiger partial charge is 0.311 e. The number of carbonyl (C=O) groups is 4. The van der Waals surface area contributed by atoms with Gasteiger partial charge in [0.25, 0.3) is 17.5 Å². The highest BCUT2D eigenvalue weighted by molar-refractivity contribution is 8.00. The maximum Gasteiger partial charge on any atom is 0.311 e. The predicted molar refractivity (Wildman–Crippen MR) is 181 cm³/mol. The first-order valence-corrected chi connectivity index (χ1v) is 16.2. The number of hydrogen-bond donors (Lipinski definition) is 3. The Hall–Kier alpha value is -5.34. The number of nitrogens with zero attached hydrogens (tertiary/aromatic N) is 2. The number of rotatable bonds is 14. The average molecular weight is 674 g/mol. The summed E-state index contributed by atoms with van der Waals surface area (Å²) < 4.78 is 4.94. The summed E-state index contributed by atoms with van der Waals surface area (Å²) in [5.74, 6) is -1.95. The van der Waals surface area contributed by atoms with E-state index in [4.69, 9.17) is 4.74 Å². The summed E-state index contributed by atoms with van der Waals surface area (Å²) in [6.45, 7) is 3.86. The van der Waals surface area contributed by atoms with Gasteiger partial charge in [-0.25, -0.2) is 4.98 Å². The van der Waals surface area contributed by atoms with Crippen LogP contribution in [0.25, 0.3) is 6.08 Å². The number of aromatic nitrogens is 1. The highest BCUT2D eigenvalue weighted by atomic mass is 32.2. The van der Waals surface area contributed by atoms with Gasteiger partial charge in [0.05, 0.1) is 34.5 Å². The second kappa shape index (κ2) is 16.8. The number of ether oxygens (including phenoxy) is 1. The fourth-order valence-electron chi connectivity index (χ4n) is 4.20. The largest absolute Gasteiger partial charge is 0.466 e. The Bertz CT molecular complexity index is 1790. The molecule has 0 fully saturated rings. The molecule has 0 spiro atoms. The Balaban J connectivity index is 1.49. The number of thiazole rings is 1. The van der Waals surface area contributed by atoms with Crippen molar-refractivity contribution in [2.45, 2.75) is 36.8 Å². The minimum Gasteiger partial charge on any atom is -0.466 e. The van der Waals surface area contributed by atoms with Crippen LogP contribution in [0.2, 0.25) is 0 Å². The quantitative estimate of drug-likeness (QED) is 0.0472. The summed E-state index contributed by atoms with van der Waals surface area (Å²) in [5, 5.41) is 21.3. The molecule has 1 atom stereocenters. The fourth-order valence-corrected chi connectivity index (χ4v) is 5.92. The van der Waals surface area contributed by atoms with Crippen molar-refractivity contribution in [3.05, 3.63) is 117 Å². The zero-order chi connectivity index (χ0) is 33.8. The monoisotopic (exact) mass is 673 g/mol. The van der Waals surface area contributed by atoms with E-state index in [1.807, 2.05) is 6.92 Å². The molecule has 0 saturated heterocycles. The molecule has 1 aromatic heterocycles. The number of nitro benzene ring substituents is 1. The number of benzene rings is 3. The van der Waals surface area contributed by atoms with Crippen molar-refractivity contribution < 1.29 is 28.8 Å². The second-order valence-corrected chi connectivity index (χ2v) is 11.9. The molecule has 3 aromatic carbocycles. The van der Waals surface area contributed by atoms with Crippen molar-refractivity contribution in [1.82, 2.24) is 10.3 Å². The van der Waals surface area contributed by atoms with E-state index in [2.05, 4.69) is 20.9 Å². The van der Waals surface area contributed by atoms with Crippen LogP contribution in [0.1, 0.15) is 41.9 Å². The Morgan fingerprint density at radius 2 is 1.74 bits per heavy atom. The van der Waals surface area contributed by atoms with E-state index in [9.17, 15) is 29.3 Å². The molecular formula is C33H31N5O7S2. The molecule has 1 heterocycles. The van der Waals surface area contributed by atoms with Gasteiger partial charge in [-0.1, -0.05) is 43.3 Å². The molecule has 12 nitrogen and oxygen atoms in total. The van der Waals surface area contributed by atoms with Crippen molar-refractivity contribution in [3.63, 3.8) is 0 Å². The molecule has 0 aliphatic rings. The number of nitro groups is 1. The zero-order valence-corrected chi connectivity index (χ0v) is 27.1. The standard InChI is InChI=1S/C33H31N5O7S2/c1-3-28(32(42)37-33-35-24(20-46-33)19-29(39)45-4-2)47-25-15-10-14-23(18-25)34-31(41)26(36-30(40)21-11-6-5-7-12-21)17-22-13-8-9-16-27(22)38(43)44/h5-18,20,28H,3-4,19H2,1-2H3,(H,34,41)(H,36,40)(H,35,37,42)/b26-17+. The van der Waals surface area contributed by atoms with Gasteiger partial charge in [0, 0.05) is 27.6 Å². The number of nitrogens with one attached hydrogen (secondary N) is 3. The van der Waals surface area contributed by atoms with Gasteiger partial charge < -0.3 is 20.7 Å². The Morgan fingerprint density at radius 1 is 1.00 bits per heavy atom. The van der Waals surface area contributed by atoms with Gasteiger partial charge in [-0.3, -0.25) is 29.3 Å². The maximum atomic E-state index is 13.5. The third kappa shape index (κ3) is 10.1. The molecule has 0 saturated carbocycles. The Kier molecular flexibility index (Phi) is 12.4. The van der Waals surface area contributed by atoms with Crippen molar-refractivity contribution >= 4 is 69.4 Å². The second-order valence-electron chi connectivity index (χ2n) is 9.81. The van der Waals surface area contributed by atoms with E-state index >= 15 is 0 Å². The lowest BCUT2D eigenvalue weighted by molar-refractivity contribution is -0.385. The molecule has 3 N–H and O–H groups in total. The van der Waals surface area contributed by atoms with Gasteiger partial charge in [0.2, 0.25) is 5.91 Å². The number of hydrogen-bond acceptors (Lipinski definition) is 10. The van der Waals surface area contributed by atoms with Crippen LogP contribution in [0.4, 0.5) is 16.5 Å². The molecule has 242 valence electrons. The molecule has 1 unspecified atom stereocenters. The number of para-hydroxylation sites is 1. The van der Waals surface area contributed by atoms with E-state index < -0.39 is 28.0 Å². The highest BCUT2D eigenvalue weighted by Crippen LogP contribution is 2.29. The molecular weight excluding hydrogens is 643 g/mol. The molecule has 4 aromatic rings. The lowest BCUT2D eigenvalue weighted by atomic mass is 10.1. The molecule has 47 heavy (non-hydrogen) atoms. The van der Waals surface area contributed by atoms with Crippen molar-refractivity contribution in [2.75, 3.05) is 17.2 Å². The Morgan fingerprint density at radius 3 is 2.47 bits per heavy atom. The van der Waals surface area contributed by atoms with E-state index in [0.29, 0.717) is 33.4 Å². The van der Waals surface area contributed by atoms with Crippen LogP contribution >= 0.6 is 23.1 Å². The molecule has 0 radical (unpaired) electrons. The maximum absolute atomic E-state index is 13.5. The molecule has 3 amide bonds.